The maximum Gasteiger partial charge on any atom is 0.312 e. The van der Waals surface area contributed by atoms with Crippen molar-refractivity contribution in [1.29, 1.82) is 0 Å². The third kappa shape index (κ3) is 9.44. The zero-order chi connectivity index (χ0) is 49.5. The number of ether oxygens (including phenoxy) is 4. The minimum atomic E-state index is -2.13. The van der Waals surface area contributed by atoms with E-state index in [2.05, 4.69) is 20.5 Å². The number of anilines is 1. The van der Waals surface area contributed by atoms with Gasteiger partial charge in [0.05, 0.1) is 41.9 Å². The first-order chi connectivity index (χ1) is 32.2. The highest BCUT2D eigenvalue weighted by Crippen LogP contribution is 2.51. The number of fused-ring (bicyclic) bond motifs is 14. The van der Waals surface area contributed by atoms with Crippen molar-refractivity contribution in [2.75, 3.05) is 39.1 Å². The molecule has 0 saturated carbocycles. The van der Waals surface area contributed by atoms with Gasteiger partial charge in [0.15, 0.2) is 11.3 Å². The predicted octanol–water partition coefficient (Wildman–Crippen LogP) is 5.85. The van der Waals surface area contributed by atoms with Crippen molar-refractivity contribution < 1.29 is 62.6 Å². The van der Waals surface area contributed by atoms with E-state index in [9.17, 15) is 44.0 Å². The second kappa shape index (κ2) is 20.0. The number of carbonyl (C=O) groups excluding carboxylic acids is 3. The molecule has 0 spiro atoms. The molecule has 1 saturated heterocycles. The molecule has 8 rings (SSSR count). The van der Waals surface area contributed by atoms with Crippen molar-refractivity contribution in [2.45, 2.75) is 104 Å². The van der Waals surface area contributed by atoms with Gasteiger partial charge in [-0.2, -0.15) is 0 Å². The monoisotopic (exact) mass is 944 g/mol. The third-order valence-electron chi connectivity index (χ3n) is 14.0. The van der Waals surface area contributed by atoms with Crippen LogP contribution in [0.3, 0.4) is 0 Å². The number of carbonyl (C=O) groups is 3. The number of amides is 1. The molecule has 9 atom stereocenters. The number of hydrogen-bond acceptors (Lipinski definition) is 16. The van der Waals surface area contributed by atoms with Gasteiger partial charge in [-0.25, -0.2) is 9.37 Å². The summed E-state index contributed by atoms with van der Waals surface area (Å²) in [6, 6.07) is 2.04. The number of allylic oxidation sites excluding steroid dienone is 2. The number of rotatable bonds is 6. The zero-order valence-electron chi connectivity index (χ0n) is 39.7. The number of hydrogen-bond donors (Lipinski definition) is 6. The van der Waals surface area contributed by atoms with Crippen LogP contribution in [0.15, 0.2) is 57.5 Å². The van der Waals surface area contributed by atoms with Crippen LogP contribution in [0, 0.1) is 36.4 Å². The lowest BCUT2D eigenvalue weighted by molar-refractivity contribution is -0.163. The number of piperidine rings is 1. The van der Waals surface area contributed by atoms with Gasteiger partial charge >= 0.3 is 11.8 Å². The van der Waals surface area contributed by atoms with E-state index in [1.807, 2.05) is 7.05 Å². The molecule has 0 radical (unpaired) electrons. The molecular weight excluding hydrogens is 884 g/mol. The van der Waals surface area contributed by atoms with Gasteiger partial charge in [-0.1, -0.05) is 45.9 Å². The lowest BCUT2D eigenvalue weighted by Crippen LogP contribution is -2.47. The number of aromatic nitrogens is 1. The van der Waals surface area contributed by atoms with Crippen LogP contribution in [-0.4, -0.2) is 118 Å². The highest BCUT2D eigenvalue weighted by atomic mass is 19.1. The Kier molecular flexibility index (Phi) is 14.7. The Labute approximate surface area is 392 Å². The second-order valence-electron chi connectivity index (χ2n) is 18.6. The molecule has 18 heteroatoms. The molecule has 366 valence electrons. The van der Waals surface area contributed by atoms with Gasteiger partial charge in [0.25, 0.3) is 11.7 Å². The Hall–Kier alpha value is -5.92. The Bertz CT molecular complexity index is 2730. The summed E-state index contributed by atoms with van der Waals surface area (Å²) in [7, 11) is 3.42. The summed E-state index contributed by atoms with van der Waals surface area (Å²) in [5, 5.41) is 51.2. The molecule has 6 aliphatic rings. The third-order valence-corrected chi connectivity index (χ3v) is 14.0. The summed E-state index contributed by atoms with van der Waals surface area (Å²) >= 11 is 0. The molecule has 5 aliphatic heterocycles. The van der Waals surface area contributed by atoms with Crippen LogP contribution in [-0.2, 0) is 23.8 Å². The van der Waals surface area contributed by atoms with Crippen LogP contribution < -0.4 is 20.8 Å². The number of Topliss-reactive ketones (excluding diaryl/α,β-unsaturated/α-hetero) is 1. The number of aromatic hydroxyl groups is 2. The van der Waals surface area contributed by atoms with Gasteiger partial charge in [0.2, 0.25) is 5.43 Å². The standard InChI is InChI=1S/C50H61FN4O13/c1-23-11-10-12-24(2)49(63)54-40-44(61)36-35(39-47(40)66-33-22-29(51)21-31(56)38(33)53-39)37-46(28(6)43(36)60)68-50(7,48(37)62)65-20-16-32(64-9)25(3)45(27(5)42(59)26(4)41(23)58)67-34(57)15-19-55(8)30-13-17-52-18-14-30/h10-12,16,20-23,25-27,30,32,41-42,45,52,56,58-60H,13-15,17-19H2,1-9H3,(H,54,63)/b11-10+,20-16+,24-12-/t23-,25+,26+,27+,32-,41-,42+,45+,50-/m0/s1. The number of aliphatic hydroxyl groups is 2. The number of esters is 1. The quantitative estimate of drug-likeness (QED) is 0.0755. The van der Waals surface area contributed by atoms with Gasteiger partial charge in [-0.05, 0) is 52.9 Å². The largest absolute Gasteiger partial charge is 0.507 e. The molecular formula is C50H61FN4O13. The molecule has 5 heterocycles. The Morgan fingerprint density at radius 2 is 1.71 bits per heavy atom. The van der Waals surface area contributed by atoms with Gasteiger partial charge in [-0.3, -0.25) is 19.2 Å². The van der Waals surface area contributed by atoms with E-state index in [4.69, 9.17) is 23.4 Å². The first-order valence-corrected chi connectivity index (χ1v) is 22.9. The van der Waals surface area contributed by atoms with Crippen LogP contribution in [0.1, 0.15) is 76.7 Å². The number of halogens is 1. The van der Waals surface area contributed by atoms with Crippen molar-refractivity contribution in [3.05, 3.63) is 75.4 Å². The van der Waals surface area contributed by atoms with E-state index in [-0.39, 0.29) is 51.1 Å². The number of methoxy groups -OCH3 is 1. The average Bonchev–Trinajstić information content (AvgIpc) is 3.58. The van der Waals surface area contributed by atoms with E-state index < -0.39 is 111 Å². The first kappa shape index (κ1) is 50.0. The lowest BCUT2D eigenvalue weighted by Gasteiger charge is -2.38. The van der Waals surface area contributed by atoms with Crippen LogP contribution in [0.2, 0.25) is 0 Å². The maximum absolute atomic E-state index is 14.7. The number of benzene rings is 3. The van der Waals surface area contributed by atoms with Crippen LogP contribution in [0.5, 0.6) is 17.2 Å². The Balaban J connectivity index is 1.34. The van der Waals surface area contributed by atoms with Crippen LogP contribution in [0.4, 0.5) is 10.1 Å². The van der Waals surface area contributed by atoms with E-state index in [0.717, 1.165) is 38.1 Å². The summed E-state index contributed by atoms with van der Waals surface area (Å²) < 4.78 is 45.1. The van der Waals surface area contributed by atoms with Crippen molar-refractivity contribution in [2.24, 2.45) is 23.7 Å². The molecule has 2 aromatic rings. The van der Waals surface area contributed by atoms with E-state index in [1.165, 1.54) is 52.4 Å². The minimum absolute atomic E-state index is 0.0201. The van der Waals surface area contributed by atoms with Gasteiger partial charge in [-0.15, -0.1) is 0 Å². The fraction of sp³-hybridized carbons (Fsp3) is 0.500. The maximum atomic E-state index is 14.7. The number of phenols is 2. The molecule has 17 nitrogen and oxygen atoms in total. The van der Waals surface area contributed by atoms with Gasteiger partial charge < -0.3 is 59.3 Å². The summed E-state index contributed by atoms with van der Waals surface area (Å²) in [5.74, 6) is -9.62. The molecule has 0 aromatic heterocycles. The van der Waals surface area contributed by atoms with Crippen molar-refractivity contribution in [1.82, 2.24) is 15.2 Å². The molecule has 5 bridgehead atoms. The smallest absolute Gasteiger partial charge is 0.312 e. The molecule has 1 fully saturated rings. The topological polar surface area (TPSA) is 239 Å². The Morgan fingerprint density at radius 1 is 1.00 bits per heavy atom. The van der Waals surface area contributed by atoms with E-state index in [1.54, 1.807) is 33.8 Å². The first-order valence-electron chi connectivity index (χ1n) is 22.9. The number of ketones is 1. The molecule has 0 unspecified atom stereocenters. The highest BCUT2D eigenvalue weighted by Gasteiger charge is 2.50. The fourth-order valence-corrected chi connectivity index (χ4v) is 9.57. The second-order valence-corrected chi connectivity index (χ2v) is 18.6. The molecule has 6 N–H and O–H groups in total. The number of nitrogens with one attached hydrogen (secondary N) is 2. The number of phenolic OH excluding ortho intramolecular Hbond substituents is 2. The zero-order valence-corrected chi connectivity index (χ0v) is 39.7. The van der Waals surface area contributed by atoms with Crippen molar-refractivity contribution >= 4 is 45.2 Å². The summed E-state index contributed by atoms with van der Waals surface area (Å²) in [6.07, 6.45) is 5.18. The number of nitrogens with zero attached hydrogens (tertiary/aromatic N) is 2. The van der Waals surface area contributed by atoms with Crippen molar-refractivity contribution in [3.63, 3.8) is 0 Å². The number of aliphatic hydroxyl groups excluding tert-OH is 2. The lowest BCUT2D eigenvalue weighted by atomic mass is 9.78. The van der Waals surface area contributed by atoms with Gasteiger partial charge in [0.1, 0.15) is 46.1 Å². The molecule has 2 aromatic carbocycles. The van der Waals surface area contributed by atoms with E-state index in [0.29, 0.717) is 12.6 Å². The SMILES string of the molecule is CO[C@H]1/C=C/O[C@@]2(C)Oc3c(C)c(O)c4c(=O)c(c5oc6cc(F)cc(O)c6nc-5c4c3C2=O)NC(=O)/C(C)=C\C=C\[C@H](C)[C@H](O)[C@@H](C)[C@@H](O)[C@@H](C)[C@H](OC(=O)CCN(C)C2CCNCC2)[C@@H]1C. The van der Waals surface area contributed by atoms with Crippen LogP contribution >= 0.6 is 0 Å². The van der Waals surface area contributed by atoms with Crippen LogP contribution in [0.25, 0.3) is 33.3 Å². The summed E-state index contributed by atoms with van der Waals surface area (Å²) in [5.41, 5.74) is -2.47. The minimum Gasteiger partial charge on any atom is -0.507 e. The summed E-state index contributed by atoms with van der Waals surface area (Å²) in [4.78, 5) is 63.5. The predicted molar refractivity (Wildman–Crippen MR) is 250 cm³/mol. The molecule has 1 amide bonds. The normalized spacial score (nSPS) is 29.5. The fourth-order valence-electron chi connectivity index (χ4n) is 9.57. The van der Waals surface area contributed by atoms with E-state index >= 15 is 0 Å². The Morgan fingerprint density at radius 3 is 2.40 bits per heavy atom. The molecule has 68 heavy (non-hydrogen) atoms. The highest BCUT2D eigenvalue weighted by molar-refractivity contribution is 6.22. The summed E-state index contributed by atoms with van der Waals surface area (Å²) in [6.45, 7) is 13.4. The average molecular weight is 945 g/mol. The van der Waals surface area contributed by atoms with Crippen molar-refractivity contribution in [3.8, 4) is 28.7 Å². The van der Waals surface area contributed by atoms with Gasteiger partial charge in [0, 0.05) is 78.9 Å². The molecule has 1 aliphatic carbocycles.